The number of nitrogens with one attached hydrogen (secondary N) is 3. The molecule has 0 bridgehead atoms. The lowest BCUT2D eigenvalue weighted by molar-refractivity contribution is -0.0000936. The summed E-state index contributed by atoms with van der Waals surface area (Å²) >= 11 is 7.70. The number of halogens is 11. The summed E-state index contributed by atoms with van der Waals surface area (Å²) in [7, 11) is 6.87. The number of carbonyl (C=O) groups excluding carboxylic acids is 4. The molecule has 0 saturated carbocycles. The van der Waals surface area contributed by atoms with Gasteiger partial charge >= 0.3 is 25.3 Å². The molecule has 0 atom stereocenters. The van der Waals surface area contributed by atoms with Gasteiger partial charge in [-0.2, -0.15) is 0 Å². The number of aromatic nitrogens is 23. The smallest absolute Gasteiger partial charge is 0.514 e. The van der Waals surface area contributed by atoms with Gasteiger partial charge in [0.1, 0.15) is 39.4 Å². The summed E-state index contributed by atoms with van der Waals surface area (Å²) in [6, 6.07) is 7.18. The topological polar surface area (TPSA) is 520 Å². The maximum Gasteiger partial charge on any atom is 0.514 e. The van der Waals surface area contributed by atoms with Gasteiger partial charge in [0.05, 0.1) is 225 Å². The Morgan fingerprint density at radius 1 is 0.485 bits per heavy atom. The van der Waals surface area contributed by atoms with E-state index >= 15 is 0 Å². The summed E-state index contributed by atoms with van der Waals surface area (Å²) in [5.74, 6) is -6.00. The van der Waals surface area contributed by atoms with Gasteiger partial charge in [-0.25, -0.2) is 88.4 Å². The van der Waals surface area contributed by atoms with Crippen LogP contribution in [0.4, 0.5) is 90.5 Å². The molecule has 1 fully saturated rings. The lowest BCUT2D eigenvalue weighted by atomic mass is 9.85. The molecule has 16 aromatic rings. The number of hydrogen-bond donors (Lipinski definition) is 8. The van der Waals surface area contributed by atoms with Crippen molar-refractivity contribution in [1.82, 2.24) is 112 Å². The Balaban J connectivity index is 0.000000175. The average Bonchev–Trinajstić information content (AvgIpc) is 1.62. The van der Waals surface area contributed by atoms with Gasteiger partial charge in [-0.05, 0) is 121 Å². The summed E-state index contributed by atoms with van der Waals surface area (Å²) in [4.78, 5) is 99.2. The quantitative estimate of drug-likeness (QED) is 0.0273. The van der Waals surface area contributed by atoms with E-state index in [0.29, 0.717) is 70.6 Å². The van der Waals surface area contributed by atoms with E-state index in [1.807, 2.05) is 39.3 Å². The third kappa shape index (κ3) is 27.0. The Hall–Kier alpha value is -14.7. The number of imidazole rings is 4. The monoisotopic (exact) mass is 2100 g/mol. The largest absolute Gasteiger partial charge is 1.00 e. The van der Waals surface area contributed by atoms with Gasteiger partial charge < -0.3 is 99.9 Å². The molecule has 134 heavy (non-hydrogen) atoms. The number of pyridine rings is 6. The first-order chi connectivity index (χ1) is 62.7. The number of hydrogen-bond acceptors (Lipinski definition) is 30. The molecule has 1 aliphatic heterocycles. The van der Waals surface area contributed by atoms with Crippen molar-refractivity contribution < 1.29 is 102 Å². The zero-order chi connectivity index (χ0) is 97.3. The third-order valence-corrected chi connectivity index (χ3v) is 19.4. The number of carbonyl (C=O) groups is 4. The highest BCUT2D eigenvalue weighted by molar-refractivity contribution is 14.1. The van der Waals surface area contributed by atoms with E-state index in [-0.39, 0.29) is 93.3 Å². The number of ether oxygens (including phenoxy) is 2. The van der Waals surface area contributed by atoms with Gasteiger partial charge in [-0.3, -0.25) is 45.3 Å². The minimum Gasteiger partial charge on any atom is -1.00 e. The molecule has 15 aromatic heterocycles. The Morgan fingerprint density at radius 2 is 0.925 bits per heavy atom. The van der Waals surface area contributed by atoms with Crippen LogP contribution in [0, 0.1) is 50.1 Å². The first-order valence-electron chi connectivity index (χ1n) is 38.7. The van der Waals surface area contributed by atoms with Crippen LogP contribution in [0.3, 0.4) is 0 Å². The second-order valence-electron chi connectivity index (χ2n) is 31.0. The van der Waals surface area contributed by atoms with Gasteiger partial charge in [0, 0.05) is 51.7 Å². The molecular weight excluding hydrogens is 2020 g/mol. The number of rotatable bonds is 10. The van der Waals surface area contributed by atoms with E-state index in [1.165, 1.54) is 61.8 Å². The normalized spacial score (nSPS) is 12.1. The predicted octanol–water partition coefficient (Wildman–Crippen LogP) is 9.43. The number of benzene rings is 1. The number of nitrogens with two attached hydrogens (primary N) is 5. The molecule has 17 rings (SSSR count). The van der Waals surface area contributed by atoms with Crippen LogP contribution in [-0.4, -0.2) is 166 Å². The van der Waals surface area contributed by atoms with Crippen molar-refractivity contribution in [2.24, 2.45) is 28.2 Å². The van der Waals surface area contributed by atoms with Crippen molar-refractivity contribution in [2.75, 3.05) is 44.6 Å². The van der Waals surface area contributed by atoms with Crippen LogP contribution in [0.2, 0.25) is 5.02 Å². The second-order valence-corrected chi connectivity index (χ2v) is 32.5. The number of anilines is 8. The number of nitrogens with zero attached hydrogens (tertiary/aromatic N) is 23. The average molecular weight is 2100 g/mol. The summed E-state index contributed by atoms with van der Waals surface area (Å²) in [5.41, 5.74) is 32.2. The number of fused-ring (bicyclic) bond motifs is 3. The maximum atomic E-state index is 14.4. The Kier molecular flexibility index (Phi) is 34.2. The van der Waals surface area contributed by atoms with Crippen molar-refractivity contribution in [2.45, 2.75) is 91.6 Å². The Labute approximate surface area is 792 Å². The zero-order valence-corrected chi connectivity index (χ0v) is 78.4. The summed E-state index contributed by atoms with van der Waals surface area (Å²) in [5, 5.41) is 23.1. The molecule has 40 nitrogen and oxygen atoms in total. The molecule has 0 spiro atoms. The van der Waals surface area contributed by atoms with Crippen LogP contribution in [0.15, 0.2) is 180 Å². The van der Waals surface area contributed by atoms with Crippen LogP contribution in [0.25, 0.3) is 56.1 Å². The first kappa shape index (κ1) is 103. The summed E-state index contributed by atoms with van der Waals surface area (Å²) in [6.45, 7) is 18.7. The number of nitrogen functional groups attached to an aromatic ring is 5. The first-order valence-corrected chi connectivity index (χ1v) is 40.1. The molecule has 3 amide bonds. The van der Waals surface area contributed by atoms with Gasteiger partial charge in [0.2, 0.25) is 0 Å². The highest BCUT2D eigenvalue weighted by atomic mass is 127. The third-order valence-electron chi connectivity index (χ3n) is 18.0. The van der Waals surface area contributed by atoms with Crippen LogP contribution >= 0.6 is 34.2 Å². The maximum absolute atomic E-state index is 14.4. The minimum absolute atomic E-state index is 0. The lowest BCUT2D eigenvalue weighted by Crippen LogP contribution is -3.00. The van der Waals surface area contributed by atoms with Crippen LogP contribution < -0.4 is 79.0 Å². The number of aryl methyl sites for hydroxylation is 4. The van der Waals surface area contributed by atoms with E-state index < -0.39 is 81.8 Å². The van der Waals surface area contributed by atoms with Crippen molar-refractivity contribution in [3.05, 3.63) is 246 Å². The fourth-order valence-corrected chi connectivity index (χ4v) is 11.9. The molecule has 13 N–H and O–H groups in total. The highest BCUT2D eigenvalue weighted by Gasteiger charge is 2.52. The van der Waals surface area contributed by atoms with E-state index in [2.05, 4.69) is 96.3 Å². The van der Waals surface area contributed by atoms with Crippen LogP contribution in [-0.2, 0) is 47.0 Å². The SMILES string of the molecule is CC(C)(C)OC(=O)Nc1cncc(F)c1.CC(C)(C)OC(=O)Nc1cncc(F)c1I.Cn1cncc1-c1c(F)cncc1NC(=O)c1c(N)nn2cc(F)cnc12.Cn1cncc1-c1c(N)cncc1F.Cn1cncc1-c1c(N)cncc1F.Cn1cncc1B1OC(C)(C)C(C)(C)O1.Nc1cncc(F)c1.Nc1nn2cc(F)cnc2c1C(=O)On1nnc2ccc(Cl)cc21.[I-]. The Bertz CT molecular complexity index is 6690. The lowest BCUT2D eigenvalue weighted by Gasteiger charge is -2.32. The van der Waals surface area contributed by atoms with Crippen LogP contribution in [0.1, 0.15) is 90.0 Å². The molecule has 0 unspecified atom stereocenters. The van der Waals surface area contributed by atoms with Gasteiger partial charge in [-0.1, -0.05) is 16.4 Å². The van der Waals surface area contributed by atoms with Crippen LogP contribution in [0.5, 0.6) is 0 Å². The van der Waals surface area contributed by atoms with Crippen molar-refractivity contribution in [1.29, 1.82) is 0 Å². The molecule has 0 radical (unpaired) electrons. The van der Waals surface area contributed by atoms with E-state index in [1.54, 1.807) is 149 Å². The van der Waals surface area contributed by atoms with Gasteiger partial charge in [0.25, 0.3) is 5.91 Å². The summed E-state index contributed by atoms with van der Waals surface area (Å²) < 4.78 is 137. The number of amides is 3. The molecular formula is C82H84BClF8I2N31O9-. The molecule has 52 heteroatoms. The molecule has 16 heterocycles. The molecule has 0 aliphatic carbocycles. The molecule has 1 aromatic carbocycles. The standard InChI is InChI=1S/C16H12F2N8O.C13H7ClFN7O2.C10H17BN2O2.C10H12FIN2O2.C10H13FN2O2.2C9H9FN4.C5H5FN2.HI/c1-25-7-21-5-11(25)12-9(18)3-20-4-10(12)23-16(27)13-14(19)24-26-6-8(17)2-22-15(13)26;14-6-1-2-8-9(3-6)22(20-18-8)24-13(23)10-11(16)19-21-5-7(15)4-17-12(10)21;1-9(2)10(3,4)15-11(14-9)8-6-12-7-13(8)5;1-10(2,3)16-9(15)14-7-5-13-4-6(11)8(7)12;1-10(2,3)15-9(14)13-8-4-7(11)5-12-6-8;2*1-14-5-13-4-8(14)9-6(10)2-12-3-7(9)11;6-4-1-5(7)3-8-2-4;/h2-7H,1H3,(H2,19,24)(H,23,27);1-5H,(H2,16,19);6-7H,1-5H3;4-5H,1-3H3,(H,14,15);4-6H,1-3H3,(H,13,14);2*2-5H,11H2,1H3;1-3H,7H2;1H/p-1. The Morgan fingerprint density at radius 3 is 1.39 bits per heavy atom. The van der Waals surface area contributed by atoms with Crippen molar-refractivity contribution in [3.63, 3.8) is 0 Å². The van der Waals surface area contributed by atoms with E-state index in [0.717, 1.165) is 87.5 Å². The van der Waals surface area contributed by atoms with Crippen molar-refractivity contribution in [3.8, 4) is 33.8 Å². The molecule has 702 valence electrons. The second kappa shape index (κ2) is 44.4. The fraction of sp³-hybridized carbons (Fsp3) is 0.220. The van der Waals surface area contributed by atoms with Gasteiger partial charge in [-0.15, -0.1) is 15.3 Å². The van der Waals surface area contributed by atoms with E-state index in [9.17, 15) is 54.3 Å². The van der Waals surface area contributed by atoms with E-state index in [4.69, 9.17) is 63.9 Å². The van der Waals surface area contributed by atoms with Gasteiger partial charge in [0.15, 0.2) is 63.4 Å². The molecule has 1 saturated heterocycles. The fourth-order valence-electron chi connectivity index (χ4n) is 11.4. The predicted molar refractivity (Wildman–Crippen MR) is 482 cm³/mol. The highest BCUT2D eigenvalue weighted by Crippen LogP contribution is 2.37. The molecule has 1 aliphatic rings. The zero-order valence-electron chi connectivity index (χ0n) is 73.3. The minimum atomic E-state index is -0.867. The van der Waals surface area contributed by atoms with Crippen molar-refractivity contribution >= 4 is 139 Å². The summed E-state index contributed by atoms with van der Waals surface area (Å²) in [6.07, 6.45) is 30.3.